The fraction of sp³-hybridized carbons (Fsp3) is 0.389. The number of aliphatic hydroxyl groups is 1. The van der Waals surface area contributed by atoms with Gasteiger partial charge in [-0.3, -0.25) is 9.79 Å². The van der Waals surface area contributed by atoms with Gasteiger partial charge in [0.1, 0.15) is 5.76 Å². The van der Waals surface area contributed by atoms with Crippen molar-refractivity contribution in [2.75, 3.05) is 7.11 Å². The fourth-order valence-electron chi connectivity index (χ4n) is 2.06. The number of aliphatic hydroxyl groups excluding tert-OH is 1. The Morgan fingerprint density at radius 1 is 1.25 bits per heavy atom. The molecule has 0 aliphatic heterocycles. The molecule has 0 fully saturated rings. The van der Waals surface area contributed by atoms with E-state index in [1.165, 1.54) is 19.4 Å². The molecule has 1 rings (SSSR count). The van der Waals surface area contributed by atoms with E-state index in [9.17, 15) is 14.7 Å². The van der Waals surface area contributed by atoms with Crippen molar-refractivity contribution in [3.63, 3.8) is 0 Å². The van der Waals surface area contributed by atoms with Gasteiger partial charge in [-0.15, -0.1) is 0 Å². The summed E-state index contributed by atoms with van der Waals surface area (Å²) < 4.78 is 4.66. The molecule has 6 heteroatoms. The Balaban J connectivity index is 3.22. The molecule has 0 unspecified atom stereocenters. The first kappa shape index (κ1) is 19.9. The second kappa shape index (κ2) is 9.88. The van der Waals surface area contributed by atoms with Gasteiger partial charge in [-0.2, -0.15) is 0 Å². The van der Waals surface area contributed by atoms with Crippen molar-refractivity contribution in [2.24, 2.45) is 4.99 Å². The van der Waals surface area contributed by atoms with Gasteiger partial charge in [0.05, 0.1) is 29.0 Å². The standard InChI is InChI=1S/C18H22ClNO4/c1-4-7-15(21)13(16(22)8-5-2)11-20-14-10-6-9-12(17(14)19)18(23)24-3/h6,9-11,21H,4-5,7-8H2,1-3H3. The quantitative estimate of drug-likeness (QED) is 0.315. The highest BCUT2D eigenvalue weighted by atomic mass is 35.5. The molecule has 0 saturated heterocycles. The lowest BCUT2D eigenvalue weighted by molar-refractivity contribution is -0.115. The molecular weight excluding hydrogens is 330 g/mol. The molecule has 1 N–H and O–H groups in total. The number of ketones is 1. The minimum absolute atomic E-state index is 0.0138. The number of methoxy groups -OCH3 is 1. The minimum Gasteiger partial charge on any atom is -0.512 e. The van der Waals surface area contributed by atoms with Crippen LogP contribution in [0.3, 0.4) is 0 Å². The Morgan fingerprint density at radius 3 is 2.50 bits per heavy atom. The highest BCUT2D eigenvalue weighted by Crippen LogP contribution is 2.29. The highest BCUT2D eigenvalue weighted by molar-refractivity contribution is 6.36. The third-order valence-corrected chi connectivity index (χ3v) is 3.69. The summed E-state index contributed by atoms with van der Waals surface area (Å²) in [6.45, 7) is 3.80. The second-order valence-corrected chi connectivity index (χ2v) is 5.55. The number of halogens is 1. The fourth-order valence-corrected chi connectivity index (χ4v) is 2.31. The predicted molar refractivity (Wildman–Crippen MR) is 95.4 cm³/mol. The van der Waals surface area contributed by atoms with Crippen LogP contribution in [0.5, 0.6) is 0 Å². The lowest BCUT2D eigenvalue weighted by atomic mass is 10.0. The first-order valence-electron chi connectivity index (χ1n) is 7.82. The summed E-state index contributed by atoms with van der Waals surface area (Å²) in [5.41, 5.74) is 0.695. The molecule has 0 spiro atoms. The Labute approximate surface area is 147 Å². The molecule has 0 bridgehead atoms. The van der Waals surface area contributed by atoms with Crippen LogP contribution in [-0.2, 0) is 9.53 Å². The van der Waals surface area contributed by atoms with Gasteiger partial charge >= 0.3 is 5.97 Å². The van der Waals surface area contributed by atoms with Crippen LogP contribution in [0.4, 0.5) is 5.69 Å². The molecule has 0 aliphatic carbocycles. The van der Waals surface area contributed by atoms with Crippen LogP contribution in [0, 0.1) is 0 Å². The summed E-state index contributed by atoms with van der Waals surface area (Å²) in [7, 11) is 1.27. The average Bonchev–Trinajstić information content (AvgIpc) is 2.56. The summed E-state index contributed by atoms with van der Waals surface area (Å²) in [6.07, 6.45) is 3.42. The molecular formula is C18H22ClNO4. The number of hydrogen-bond donors (Lipinski definition) is 1. The van der Waals surface area contributed by atoms with Crippen molar-refractivity contribution in [3.8, 4) is 0 Å². The smallest absolute Gasteiger partial charge is 0.339 e. The number of benzene rings is 1. The topological polar surface area (TPSA) is 76.0 Å². The normalized spacial score (nSPS) is 12.2. The van der Waals surface area contributed by atoms with Crippen LogP contribution >= 0.6 is 11.6 Å². The van der Waals surface area contributed by atoms with E-state index in [-0.39, 0.29) is 27.7 Å². The number of Topliss-reactive ketones (excluding diaryl/α,β-unsaturated/α-hetero) is 1. The zero-order valence-corrected chi connectivity index (χ0v) is 14.9. The van der Waals surface area contributed by atoms with Gasteiger partial charge in [0.25, 0.3) is 0 Å². The number of allylic oxidation sites excluding steroid dienone is 2. The van der Waals surface area contributed by atoms with Gasteiger partial charge in [0.2, 0.25) is 0 Å². The molecule has 5 nitrogen and oxygen atoms in total. The second-order valence-electron chi connectivity index (χ2n) is 5.17. The first-order chi connectivity index (χ1) is 11.5. The Kier molecular flexibility index (Phi) is 8.19. The molecule has 130 valence electrons. The first-order valence-corrected chi connectivity index (χ1v) is 8.20. The van der Waals surface area contributed by atoms with Gasteiger partial charge in [-0.25, -0.2) is 4.79 Å². The van der Waals surface area contributed by atoms with Crippen molar-refractivity contribution < 1.29 is 19.4 Å². The van der Waals surface area contributed by atoms with Crippen molar-refractivity contribution in [1.29, 1.82) is 0 Å². The SMILES string of the molecule is CCCC(=O)C(C=Nc1cccc(C(=O)OC)c1Cl)=C(O)CCC. The van der Waals surface area contributed by atoms with Gasteiger partial charge < -0.3 is 9.84 Å². The summed E-state index contributed by atoms with van der Waals surface area (Å²) >= 11 is 6.17. The number of aliphatic imine (C=N–C) groups is 1. The number of carbonyl (C=O) groups excluding carboxylic acids is 2. The largest absolute Gasteiger partial charge is 0.512 e. The molecule has 24 heavy (non-hydrogen) atoms. The number of carbonyl (C=O) groups is 2. The molecule has 0 saturated carbocycles. The van der Waals surface area contributed by atoms with E-state index in [0.29, 0.717) is 31.4 Å². The highest BCUT2D eigenvalue weighted by Gasteiger charge is 2.15. The number of esters is 1. The Bertz CT molecular complexity index is 665. The molecule has 0 aliphatic rings. The van der Waals surface area contributed by atoms with Crippen LogP contribution in [0.2, 0.25) is 5.02 Å². The minimum atomic E-state index is -0.566. The van der Waals surface area contributed by atoms with E-state index in [0.717, 1.165) is 0 Å². The summed E-state index contributed by atoms with van der Waals surface area (Å²) in [6, 6.07) is 4.76. The van der Waals surface area contributed by atoms with Crippen molar-refractivity contribution >= 4 is 35.3 Å². The van der Waals surface area contributed by atoms with Gasteiger partial charge in [0.15, 0.2) is 5.78 Å². The van der Waals surface area contributed by atoms with Gasteiger partial charge in [-0.1, -0.05) is 31.5 Å². The summed E-state index contributed by atoms with van der Waals surface area (Å²) in [5.74, 6) is -0.726. The predicted octanol–water partition coefficient (Wildman–Crippen LogP) is 4.81. The third kappa shape index (κ3) is 5.20. The van der Waals surface area contributed by atoms with E-state index in [2.05, 4.69) is 9.73 Å². The van der Waals surface area contributed by atoms with Crippen molar-refractivity contribution in [2.45, 2.75) is 39.5 Å². The number of rotatable bonds is 8. The number of nitrogens with zero attached hydrogens (tertiary/aromatic N) is 1. The zero-order chi connectivity index (χ0) is 18.1. The number of hydrogen-bond acceptors (Lipinski definition) is 5. The molecule has 0 amide bonds. The molecule has 1 aromatic rings. The van der Waals surface area contributed by atoms with Crippen LogP contribution in [0.1, 0.15) is 49.9 Å². The Morgan fingerprint density at radius 2 is 1.92 bits per heavy atom. The molecule has 0 radical (unpaired) electrons. The Hall–Kier alpha value is -2.14. The monoisotopic (exact) mass is 351 g/mol. The third-order valence-electron chi connectivity index (χ3n) is 3.29. The van der Waals surface area contributed by atoms with E-state index < -0.39 is 5.97 Å². The van der Waals surface area contributed by atoms with Crippen molar-refractivity contribution in [3.05, 3.63) is 40.1 Å². The molecule has 0 aromatic heterocycles. The summed E-state index contributed by atoms with van der Waals surface area (Å²) in [5, 5.41) is 10.2. The van der Waals surface area contributed by atoms with Crippen LogP contribution in [-0.4, -0.2) is 30.2 Å². The van der Waals surface area contributed by atoms with E-state index in [4.69, 9.17) is 11.6 Å². The van der Waals surface area contributed by atoms with E-state index >= 15 is 0 Å². The van der Waals surface area contributed by atoms with E-state index in [1.54, 1.807) is 12.1 Å². The maximum Gasteiger partial charge on any atom is 0.339 e. The van der Waals surface area contributed by atoms with Crippen LogP contribution in [0.15, 0.2) is 34.5 Å². The lowest BCUT2D eigenvalue weighted by Crippen LogP contribution is -2.07. The molecule has 1 aromatic carbocycles. The van der Waals surface area contributed by atoms with Gasteiger partial charge in [0, 0.05) is 19.1 Å². The number of ether oxygens (including phenoxy) is 1. The van der Waals surface area contributed by atoms with Crippen LogP contribution in [0.25, 0.3) is 0 Å². The van der Waals surface area contributed by atoms with Gasteiger partial charge in [-0.05, 0) is 25.0 Å². The summed E-state index contributed by atoms with van der Waals surface area (Å²) in [4.78, 5) is 28.0. The van der Waals surface area contributed by atoms with E-state index in [1.807, 2.05) is 13.8 Å². The van der Waals surface area contributed by atoms with Crippen molar-refractivity contribution in [1.82, 2.24) is 0 Å². The lowest BCUT2D eigenvalue weighted by Gasteiger charge is -2.06. The van der Waals surface area contributed by atoms with Crippen LogP contribution < -0.4 is 0 Å². The maximum absolute atomic E-state index is 12.2. The molecule has 0 heterocycles. The molecule has 0 atom stereocenters. The average molecular weight is 352 g/mol. The zero-order valence-electron chi connectivity index (χ0n) is 14.1. The maximum atomic E-state index is 12.2.